The average molecular weight is 389 g/mol. The quantitative estimate of drug-likeness (QED) is 0.647. The summed E-state index contributed by atoms with van der Waals surface area (Å²) in [5, 5.41) is 4.31. The zero-order chi connectivity index (χ0) is 19.6. The molecule has 0 aliphatic rings. The average Bonchev–Trinajstić information content (AvgIpc) is 2.97. The maximum atomic E-state index is 14.0. The number of fused-ring (bicyclic) bond motifs is 1. The van der Waals surface area contributed by atoms with Gasteiger partial charge in [0.15, 0.2) is 6.61 Å². The van der Waals surface area contributed by atoms with Gasteiger partial charge in [0.2, 0.25) is 0 Å². The van der Waals surface area contributed by atoms with Gasteiger partial charge in [0, 0.05) is 22.6 Å². The maximum absolute atomic E-state index is 14.0. The lowest BCUT2D eigenvalue weighted by Crippen LogP contribution is -2.30. The lowest BCUT2D eigenvalue weighted by atomic mass is 10.0. The van der Waals surface area contributed by atoms with Crippen molar-refractivity contribution < 1.29 is 13.9 Å². The van der Waals surface area contributed by atoms with Crippen LogP contribution in [0.3, 0.4) is 0 Å². The summed E-state index contributed by atoms with van der Waals surface area (Å²) in [6.45, 7) is 6.13. The van der Waals surface area contributed by atoms with Crippen molar-refractivity contribution in [2.24, 2.45) is 0 Å². The molecule has 3 aromatic rings. The number of carbonyl (C=O) groups excluding carboxylic acids is 1. The van der Waals surface area contributed by atoms with E-state index in [0.717, 1.165) is 27.8 Å². The standard InChI is InChI=1S/C21H22ClFN2O2/c1-12-4-6-15(22)10-18(12)27-11-19(26)24-9-8-16-14(3)25-21-17(23)7-5-13(2)20(16)21/h4-7,10,25H,8-9,11H2,1-3H3,(H,24,26). The van der Waals surface area contributed by atoms with Crippen LogP contribution in [0.5, 0.6) is 5.75 Å². The number of aromatic nitrogens is 1. The normalized spacial score (nSPS) is 11.0. The van der Waals surface area contributed by atoms with Gasteiger partial charge < -0.3 is 15.0 Å². The van der Waals surface area contributed by atoms with Crippen LogP contribution in [0.25, 0.3) is 10.9 Å². The Morgan fingerprint density at radius 2 is 1.93 bits per heavy atom. The zero-order valence-corrected chi connectivity index (χ0v) is 16.3. The Morgan fingerprint density at radius 1 is 1.19 bits per heavy atom. The van der Waals surface area contributed by atoms with E-state index in [1.165, 1.54) is 6.07 Å². The second kappa shape index (κ2) is 8.01. The van der Waals surface area contributed by atoms with Crippen LogP contribution < -0.4 is 10.1 Å². The highest BCUT2D eigenvalue weighted by Crippen LogP contribution is 2.28. The van der Waals surface area contributed by atoms with Crippen molar-refractivity contribution in [3.8, 4) is 5.75 Å². The Bertz CT molecular complexity index is 998. The van der Waals surface area contributed by atoms with E-state index in [2.05, 4.69) is 10.3 Å². The topological polar surface area (TPSA) is 54.1 Å². The number of rotatable bonds is 6. The van der Waals surface area contributed by atoms with Crippen molar-refractivity contribution in [3.63, 3.8) is 0 Å². The molecule has 4 nitrogen and oxygen atoms in total. The van der Waals surface area contributed by atoms with E-state index in [1.807, 2.05) is 26.8 Å². The van der Waals surface area contributed by atoms with Gasteiger partial charge in [0.25, 0.3) is 5.91 Å². The van der Waals surface area contributed by atoms with Gasteiger partial charge in [-0.05, 0) is 62.1 Å². The number of halogens is 2. The van der Waals surface area contributed by atoms with Crippen molar-refractivity contribution >= 4 is 28.4 Å². The highest BCUT2D eigenvalue weighted by molar-refractivity contribution is 6.30. The highest BCUT2D eigenvalue weighted by Gasteiger charge is 2.14. The molecule has 0 saturated carbocycles. The Morgan fingerprint density at radius 3 is 2.70 bits per heavy atom. The molecule has 1 aromatic heterocycles. The summed E-state index contributed by atoms with van der Waals surface area (Å²) in [4.78, 5) is 15.2. The number of carbonyl (C=O) groups is 1. The predicted octanol–water partition coefficient (Wildman–Crippen LogP) is 4.62. The Balaban J connectivity index is 1.59. The molecule has 0 aliphatic carbocycles. The van der Waals surface area contributed by atoms with Crippen LogP contribution in [-0.2, 0) is 11.2 Å². The predicted molar refractivity (Wildman–Crippen MR) is 106 cm³/mol. The summed E-state index contributed by atoms with van der Waals surface area (Å²) in [7, 11) is 0. The lowest BCUT2D eigenvalue weighted by Gasteiger charge is -2.10. The molecule has 2 N–H and O–H groups in total. The third-order valence-corrected chi connectivity index (χ3v) is 4.87. The van der Waals surface area contributed by atoms with Crippen molar-refractivity contribution in [2.75, 3.05) is 13.2 Å². The molecule has 0 fully saturated rings. The van der Waals surface area contributed by atoms with Gasteiger partial charge in [-0.2, -0.15) is 0 Å². The van der Waals surface area contributed by atoms with Gasteiger partial charge in [0.1, 0.15) is 11.6 Å². The van der Waals surface area contributed by atoms with Gasteiger partial charge in [-0.1, -0.05) is 23.7 Å². The Labute approximate surface area is 162 Å². The van der Waals surface area contributed by atoms with Crippen LogP contribution in [0, 0.1) is 26.6 Å². The molecule has 142 valence electrons. The minimum absolute atomic E-state index is 0.0816. The molecule has 6 heteroatoms. The van der Waals surface area contributed by atoms with E-state index in [1.54, 1.807) is 18.2 Å². The number of ether oxygens (including phenoxy) is 1. The molecule has 0 radical (unpaired) electrons. The molecule has 3 rings (SSSR count). The fourth-order valence-corrected chi connectivity index (χ4v) is 3.37. The first-order chi connectivity index (χ1) is 12.9. The van der Waals surface area contributed by atoms with Gasteiger partial charge in [-0.3, -0.25) is 4.79 Å². The van der Waals surface area contributed by atoms with Crippen LogP contribution in [0.1, 0.15) is 22.4 Å². The summed E-state index contributed by atoms with van der Waals surface area (Å²) < 4.78 is 19.5. The largest absolute Gasteiger partial charge is 0.483 e. The van der Waals surface area contributed by atoms with E-state index >= 15 is 0 Å². The molecule has 0 unspecified atom stereocenters. The molecule has 1 heterocycles. The van der Waals surface area contributed by atoms with E-state index in [4.69, 9.17) is 16.3 Å². The number of aryl methyl sites for hydroxylation is 3. The summed E-state index contributed by atoms with van der Waals surface area (Å²) in [6.07, 6.45) is 0.609. The lowest BCUT2D eigenvalue weighted by molar-refractivity contribution is -0.123. The van der Waals surface area contributed by atoms with Crippen molar-refractivity contribution in [2.45, 2.75) is 27.2 Å². The second-order valence-electron chi connectivity index (χ2n) is 6.64. The summed E-state index contributed by atoms with van der Waals surface area (Å²) in [6, 6.07) is 8.55. The maximum Gasteiger partial charge on any atom is 0.257 e. The molecule has 0 bridgehead atoms. The molecule has 27 heavy (non-hydrogen) atoms. The second-order valence-corrected chi connectivity index (χ2v) is 7.08. The number of hydrogen-bond acceptors (Lipinski definition) is 2. The Kier molecular flexibility index (Phi) is 5.71. The molecule has 0 atom stereocenters. The minimum atomic E-state index is -0.265. The summed E-state index contributed by atoms with van der Waals surface area (Å²) >= 11 is 5.95. The van der Waals surface area contributed by atoms with E-state index in [-0.39, 0.29) is 18.3 Å². The monoisotopic (exact) mass is 388 g/mol. The molecule has 2 aromatic carbocycles. The van der Waals surface area contributed by atoms with Crippen LogP contribution in [0.15, 0.2) is 30.3 Å². The van der Waals surface area contributed by atoms with Crippen molar-refractivity contribution in [3.05, 3.63) is 63.6 Å². The SMILES string of the molecule is Cc1ccc(Cl)cc1OCC(=O)NCCc1c(C)[nH]c2c(F)ccc(C)c12. The first-order valence-corrected chi connectivity index (χ1v) is 9.16. The van der Waals surface area contributed by atoms with Gasteiger partial charge >= 0.3 is 0 Å². The minimum Gasteiger partial charge on any atom is -0.483 e. The summed E-state index contributed by atoms with van der Waals surface area (Å²) in [5.41, 5.74) is 4.39. The van der Waals surface area contributed by atoms with Crippen LogP contribution in [0.4, 0.5) is 4.39 Å². The highest BCUT2D eigenvalue weighted by atomic mass is 35.5. The van der Waals surface area contributed by atoms with Crippen molar-refractivity contribution in [1.82, 2.24) is 10.3 Å². The zero-order valence-electron chi connectivity index (χ0n) is 15.6. The van der Waals surface area contributed by atoms with Gasteiger partial charge in [-0.25, -0.2) is 4.39 Å². The number of benzene rings is 2. The van der Waals surface area contributed by atoms with Crippen LogP contribution in [-0.4, -0.2) is 24.0 Å². The molecular weight excluding hydrogens is 367 g/mol. The number of aromatic amines is 1. The van der Waals surface area contributed by atoms with Crippen molar-refractivity contribution in [1.29, 1.82) is 0 Å². The molecule has 1 amide bonds. The van der Waals surface area contributed by atoms with Crippen LogP contribution >= 0.6 is 11.6 Å². The van der Waals surface area contributed by atoms with Gasteiger partial charge in [-0.15, -0.1) is 0 Å². The number of amides is 1. The third kappa shape index (κ3) is 4.25. The number of hydrogen-bond donors (Lipinski definition) is 2. The Hall–Kier alpha value is -2.53. The third-order valence-electron chi connectivity index (χ3n) is 4.64. The van der Waals surface area contributed by atoms with Crippen LogP contribution in [0.2, 0.25) is 5.02 Å². The fraction of sp³-hybridized carbons (Fsp3) is 0.286. The summed E-state index contributed by atoms with van der Waals surface area (Å²) in [5.74, 6) is 0.116. The first-order valence-electron chi connectivity index (χ1n) is 8.78. The molecule has 0 spiro atoms. The van der Waals surface area contributed by atoms with E-state index in [0.29, 0.717) is 29.3 Å². The van der Waals surface area contributed by atoms with Gasteiger partial charge in [0.05, 0.1) is 5.52 Å². The molecule has 0 saturated heterocycles. The first kappa shape index (κ1) is 19.2. The smallest absolute Gasteiger partial charge is 0.257 e. The molecular formula is C21H22ClFN2O2. The fourth-order valence-electron chi connectivity index (χ4n) is 3.21. The van der Waals surface area contributed by atoms with E-state index < -0.39 is 0 Å². The number of H-pyrrole nitrogens is 1. The van der Waals surface area contributed by atoms with E-state index in [9.17, 15) is 9.18 Å². The molecule has 0 aliphatic heterocycles. The number of nitrogens with one attached hydrogen (secondary N) is 2.